The van der Waals surface area contributed by atoms with Crippen LogP contribution in [0.4, 0.5) is 8.78 Å². The molecule has 0 aromatic heterocycles. The van der Waals surface area contributed by atoms with Gasteiger partial charge in [-0.25, -0.2) is 8.78 Å². The molecular formula is C20H23ClF2. The minimum absolute atomic E-state index is 0.103. The number of hydrogen-bond acceptors (Lipinski definition) is 0. The second-order valence-electron chi connectivity index (χ2n) is 6.30. The molecule has 0 unspecified atom stereocenters. The maximum atomic E-state index is 14.1. The lowest BCUT2D eigenvalue weighted by Crippen LogP contribution is -2.13. The van der Waals surface area contributed by atoms with Gasteiger partial charge in [-0.2, -0.15) is 0 Å². The Labute approximate surface area is 142 Å². The van der Waals surface area contributed by atoms with Crippen LogP contribution in [0.15, 0.2) is 23.7 Å². The molecule has 23 heavy (non-hydrogen) atoms. The van der Waals surface area contributed by atoms with E-state index in [1.165, 1.54) is 12.1 Å². The maximum Gasteiger partial charge on any atom is 0.142 e. The predicted molar refractivity (Wildman–Crippen MR) is 92.3 cm³/mol. The molecule has 1 aliphatic carbocycles. The fourth-order valence-corrected chi connectivity index (χ4v) is 3.21. The number of allylic oxidation sites excluding steroid dienone is 1. The Morgan fingerprint density at radius 3 is 2.35 bits per heavy atom. The highest BCUT2D eigenvalue weighted by Gasteiger charge is 2.21. The van der Waals surface area contributed by atoms with Crippen LogP contribution in [0.2, 0.25) is 0 Å². The zero-order chi connectivity index (χ0) is 16.8. The SMILES string of the molecule is C=C(Cl)[C@H]1CC[C@H](C#Cc2c(F)cc(CCCC)cc2F)CC1. The summed E-state index contributed by atoms with van der Waals surface area (Å²) in [5.74, 6) is 5.19. The minimum Gasteiger partial charge on any atom is -0.206 e. The van der Waals surface area contributed by atoms with Crippen LogP contribution in [0.5, 0.6) is 0 Å². The first-order valence-corrected chi connectivity index (χ1v) is 8.72. The summed E-state index contributed by atoms with van der Waals surface area (Å²) in [7, 11) is 0. The van der Waals surface area contributed by atoms with Gasteiger partial charge >= 0.3 is 0 Å². The molecule has 124 valence electrons. The number of benzene rings is 1. The summed E-state index contributed by atoms with van der Waals surface area (Å²) in [5, 5.41) is 0.705. The van der Waals surface area contributed by atoms with E-state index in [2.05, 4.69) is 25.3 Å². The summed E-state index contributed by atoms with van der Waals surface area (Å²) in [6.07, 6.45) is 6.33. The smallest absolute Gasteiger partial charge is 0.142 e. The van der Waals surface area contributed by atoms with Gasteiger partial charge < -0.3 is 0 Å². The molecule has 0 spiro atoms. The van der Waals surface area contributed by atoms with Crippen molar-refractivity contribution in [1.82, 2.24) is 0 Å². The summed E-state index contributed by atoms with van der Waals surface area (Å²) in [6, 6.07) is 2.83. The zero-order valence-electron chi connectivity index (χ0n) is 13.6. The first-order chi connectivity index (χ1) is 11.0. The molecule has 1 fully saturated rings. The topological polar surface area (TPSA) is 0 Å². The molecule has 0 amide bonds. The molecule has 0 bridgehead atoms. The van der Waals surface area contributed by atoms with Crippen molar-refractivity contribution in [3.05, 3.63) is 46.5 Å². The van der Waals surface area contributed by atoms with Crippen LogP contribution in [0.1, 0.15) is 56.6 Å². The summed E-state index contributed by atoms with van der Waals surface area (Å²) < 4.78 is 28.2. The number of unbranched alkanes of at least 4 members (excludes halogenated alkanes) is 1. The average Bonchev–Trinajstić information content (AvgIpc) is 2.52. The van der Waals surface area contributed by atoms with Crippen LogP contribution in [0, 0.1) is 35.3 Å². The molecule has 1 saturated carbocycles. The van der Waals surface area contributed by atoms with Crippen LogP contribution in [-0.4, -0.2) is 0 Å². The molecule has 0 N–H and O–H groups in total. The number of aryl methyl sites for hydroxylation is 1. The van der Waals surface area contributed by atoms with Gasteiger partial charge in [-0.1, -0.05) is 43.4 Å². The monoisotopic (exact) mass is 336 g/mol. The van der Waals surface area contributed by atoms with Crippen molar-refractivity contribution in [2.24, 2.45) is 11.8 Å². The molecule has 1 aromatic carbocycles. The Kier molecular flexibility index (Phi) is 6.66. The maximum absolute atomic E-state index is 14.1. The Hall–Kier alpha value is -1.33. The van der Waals surface area contributed by atoms with E-state index in [4.69, 9.17) is 11.6 Å². The van der Waals surface area contributed by atoms with Crippen LogP contribution < -0.4 is 0 Å². The van der Waals surface area contributed by atoms with E-state index in [0.29, 0.717) is 22.9 Å². The second kappa shape index (κ2) is 8.50. The molecule has 1 aliphatic rings. The molecular weight excluding hydrogens is 314 g/mol. The summed E-state index contributed by atoms with van der Waals surface area (Å²) in [4.78, 5) is 0. The molecule has 0 radical (unpaired) electrons. The van der Waals surface area contributed by atoms with Gasteiger partial charge in [0.25, 0.3) is 0 Å². The van der Waals surface area contributed by atoms with Crippen molar-refractivity contribution in [1.29, 1.82) is 0 Å². The normalized spacial score (nSPS) is 20.7. The zero-order valence-corrected chi connectivity index (χ0v) is 14.4. The lowest BCUT2D eigenvalue weighted by Gasteiger charge is -2.24. The van der Waals surface area contributed by atoms with Gasteiger partial charge in [-0.05, 0) is 62.1 Å². The average molecular weight is 337 g/mol. The van der Waals surface area contributed by atoms with Crippen molar-refractivity contribution >= 4 is 11.6 Å². The van der Waals surface area contributed by atoms with Gasteiger partial charge in [0.1, 0.15) is 11.6 Å². The lowest BCUT2D eigenvalue weighted by molar-refractivity contribution is 0.361. The van der Waals surface area contributed by atoms with Crippen molar-refractivity contribution < 1.29 is 8.78 Å². The van der Waals surface area contributed by atoms with E-state index in [0.717, 1.165) is 38.5 Å². The van der Waals surface area contributed by atoms with Crippen LogP contribution in [0.3, 0.4) is 0 Å². The van der Waals surface area contributed by atoms with Crippen molar-refractivity contribution in [3.63, 3.8) is 0 Å². The van der Waals surface area contributed by atoms with Gasteiger partial charge in [-0.15, -0.1) is 0 Å². The van der Waals surface area contributed by atoms with Gasteiger partial charge in [0, 0.05) is 11.0 Å². The summed E-state index contributed by atoms with van der Waals surface area (Å²) in [5.41, 5.74) is 0.600. The van der Waals surface area contributed by atoms with Crippen LogP contribution in [0.25, 0.3) is 0 Å². The summed E-state index contributed by atoms with van der Waals surface area (Å²) >= 11 is 5.94. The van der Waals surface area contributed by atoms with E-state index in [9.17, 15) is 8.78 Å². The Bertz CT molecular complexity index is 593. The quantitative estimate of drug-likeness (QED) is 0.573. The van der Waals surface area contributed by atoms with Crippen LogP contribution in [-0.2, 0) is 6.42 Å². The first kappa shape index (κ1) is 18.0. The molecule has 0 atom stereocenters. The fourth-order valence-electron chi connectivity index (χ4n) is 3.00. The van der Waals surface area contributed by atoms with Crippen molar-refractivity contribution in [2.45, 2.75) is 51.9 Å². The van der Waals surface area contributed by atoms with E-state index >= 15 is 0 Å². The Morgan fingerprint density at radius 1 is 1.22 bits per heavy atom. The standard InChI is InChI=1S/C20H23ClF2/c1-3-4-5-16-12-19(22)18(20(23)13-16)11-8-15-6-9-17(10-7-15)14(2)21/h12-13,15,17H,2-7,9-10H2,1H3/t15-,17-. The predicted octanol–water partition coefficient (Wildman–Crippen LogP) is 6.22. The van der Waals surface area contributed by atoms with E-state index < -0.39 is 11.6 Å². The van der Waals surface area contributed by atoms with E-state index in [1.807, 2.05) is 0 Å². The highest BCUT2D eigenvalue weighted by molar-refractivity contribution is 6.29. The molecule has 0 heterocycles. The van der Waals surface area contributed by atoms with Gasteiger partial charge in [0.05, 0.1) is 5.56 Å². The van der Waals surface area contributed by atoms with Crippen LogP contribution >= 0.6 is 11.6 Å². The fraction of sp³-hybridized carbons (Fsp3) is 0.500. The highest BCUT2D eigenvalue weighted by Crippen LogP contribution is 2.33. The van der Waals surface area contributed by atoms with Gasteiger partial charge in [-0.3, -0.25) is 0 Å². The first-order valence-electron chi connectivity index (χ1n) is 8.35. The van der Waals surface area contributed by atoms with Crippen molar-refractivity contribution in [3.8, 4) is 11.8 Å². The van der Waals surface area contributed by atoms with Crippen molar-refractivity contribution in [2.75, 3.05) is 0 Å². The molecule has 2 rings (SSSR count). The lowest BCUT2D eigenvalue weighted by atomic mass is 9.82. The van der Waals surface area contributed by atoms with Gasteiger partial charge in [0.15, 0.2) is 0 Å². The minimum atomic E-state index is -0.550. The second-order valence-corrected chi connectivity index (χ2v) is 6.79. The third-order valence-electron chi connectivity index (χ3n) is 4.49. The third kappa shape index (κ3) is 5.08. The highest BCUT2D eigenvalue weighted by atomic mass is 35.5. The van der Waals surface area contributed by atoms with Gasteiger partial charge in [0.2, 0.25) is 0 Å². The van der Waals surface area contributed by atoms with E-state index in [-0.39, 0.29) is 11.5 Å². The number of rotatable bonds is 4. The molecule has 3 heteroatoms. The summed E-state index contributed by atoms with van der Waals surface area (Å²) in [6.45, 7) is 5.84. The Balaban J connectivity index is 2.05. The van der Waals surface area contributed by atoms with E-state index in [1.54, 1.807) is 0 Å². The Morgan fingerprint density at radius 2 is 1.83 bits per heavy atom. The molecule has 0 nitrogen and oxygen atoms in total. The molecule has 0 saturated heterocycles. The number of halogens is 3. The molecule has 1 aromatic rings. The largest absolute Gasteiger partial charge is 0.206 e. The molecule has 0 aliphatic heterocycles. The number of hydrogen-bond donors (Lipinski definition) is 0. The third-order valence-corrected chi connectivity index (χ3v) is 4.80.